The van der Waals surface area contributed by atoms with Crippen molar-refractivity contribution in [1.29, 1.82) is 0 Å². The predicted molar refractivity (Wildman–Crippen MR) is 72.6 cm³/mol. The largest absolute Gasteiger partial charge is 0.493 e. The Balaban J connectivity index is 2.08. The SMILES string of the molecule is CC(Br)CCNC(=O)CCOc1ccccc1. The lowest BCUT2D eigenvalue weighted by molar-refractivity contribution is -0.121. The van der Waals surface area contributed by atoms with Gasteiger partial charge in [0.05, 0.1) is 13.0 Å². The summed E-state index contributed by atoms with van der Waals surface area (Å²) >= 11 is 3.43. The molecule has 0 aliphatic carbocycles. The minimum atomic E-state index is 0.0362. The molecule has 1 N–H and O–H groups in total. The number of benzene rings is 1. The Morgan fingerprint density at radius 2 is 2.12 bits per heavy atom. The summed E-state index contributed by atoms with van der Waals surface area (Å²) in [6.45, 7) is 3.18. The first-order valence-corrected chi connectivity index (χ1v) is 6.68. The fourth-order valence-electron chi connectivity index (χ4n) is 1.28. The van der Waals surface area contributed by atoms with E-state index in [4.69, 9.17) is 4.74 Å². The second-order valence-corrected chi connectivity index (χ2v) is 5.39. The Morgan fingerprint density at radius 1 is 1.41 bits per heavy atom. The smallest absolute Gasteiger partial charge is 0.223 e. The van der Waals surface area contributed by atoms with Gasteiger partial charge in [-0.15, -0.1) is 0 Å². The van der Waals surface area contributed by atoms with Crippen molar-refractivity contribution in [2.45, 2.75) is 24.6 Å². The minimum Gasteiger partial charge on any atom is -0.493 e. The van der Waals surface area contributed by atoms with E-state index >= 15 is 0 Å². The monoisotopic (exact) mass is 299 g/mol. The molecule has 3 nitrogen and oxygen atoms in total. The van der Waals surface area contributed by atoms with Crippen molar-refractivity contribution < 1.29 is 9.53 Å². The summed E-state index contributed by atoms with van der Waals surface area (Å²) in [7, 11) is 0. The van der Waals surface area contributed by atoms with Crippen LogP contribution in [0.3, 0.4) is 0 Å². The van der Waals surface area contributed by atoms with Crippen LogP contribution in [0.25, 0.3) is 0 Å². The van der Waals surface area contributed by atoms with Gasteiger partial charge in [0, 0.05) is 11.4 Å². The Kier molecular flexibility index (Phi) is 6.70. The van der Waals surface area contributed by atoms with Gasteiger partial charge in [-0.05, 0) is 18.6 Å². The van der Waals surface area contributed by atoms with Crippen LogP contribution in [0.4, 0.5) is 0 Å². The lowest BCUT2D eigenvalue weighted by Crippen LogP contribution is -2.26. The lowest BCUT2D eigenvalue weighted by Gasteiger charge is -2.07. The first kappa shape index (κ1) is 14.0. The van der Waals surface area contributed by atoms with Crippen LogP contribution >= 0.6 is 15.9 Å². The van der Waals surface area contributed by atoms with Gasteiger partial charge in [-0.25, -0.2) is 0 Å². The average molecular weight is 300 g/mol. The fraction of sp³-hybridized carbons (Fsp3) is 0.462. The molecule has 4 heteroatoms. The van der Waals surface area contributed by atoms with Crippen LogP contribution in [0.1, 0.15) is 19.8 Å². The van der Waals surface area contributed by atoms with Crippen molar-refractivity contribution in [3.8, 4) is 5.75 Å². The van der Waals surface area contributed by atoms with Crippen molar-refractivity contribution in [1.82, 2.24) is 5.32 Å². The number of hydrogen-bond acceptors (Lipinski definition) is 2. The molecule has 1 atom stereocenters. The van der Waals surface area contributed by atoms with E-state index < -0.39 is 0 Å². The Morgan fingerprint density at radius 3 is 2.76 bits per heavy atom. The molecule has 0 spiro atoms. The van der Waals surface area contributed by atoms with Gasteiger partial charge in [0.25, 0.3) is 0 Å². The number of hydrogen-bond donors (Lipinski definition) is 1. The highest BCUT2D eigenvalue weighted by Crippen LogP contribution is 2.08. The molecule has 1 aromatic rings. The molecule has 0 saturated heterocycles. The molecule has 0 fully saturated rings. The zero-order chi connectivity index (χ0) is 12.5. The standard InChI is InChI=1S/C13H18BrNO2/c1-11(14)7-9-15-13(16)8-10-17-12-5-3-2-4-6-12/h2-6,11H,7-10H2,1H3,(H,15,16). The molecular formula is C13H18BrNO2. The molecule has 0 aliphatic heterocycles. The van der Waals surface area contributed by atoms with Crippen molar-refractivity contribution in [3.05, 3.63) is 30.3 Å². The predicted octanol–water partition coefficient (Wildman–Crippen LogP) is 2.75. The lowest BCUT2D eigenvalue weighted by atomic mass is 10.3. The number of alkyl halides is 1. The van der Waals surface area contributed by atoms with Gasteiger partial charge in [-0.2, -0.15) is 0 Å². The van der Waals surface area contributed by atoms with Gasteiger partial charge in [-0.3, -0.25) is 4.79 Å². The number of para-hydroxylation sites is 1. The fourth-order valence-corrected chi connectivity index (χ4v) is 1.51. The normalized spacial score (nSPS) is 11.9. The highest BCUT2D eigenvalue weighted by atomic mass is 79.9. The Labute approximate surface area is 111 Å². The number of amides is 1. The van der Waals surface area contributed by atoms with E-state index in [0.717, 1.165) is 12.2 Å². The van der Waals surface area contributed by atoms with Gasteiger partial charge in [0.2, 0.25) is 5.91 Å². The van der Waals surface area contributed by atoms with Gasteiger partial charge in [0.15, 0.2) is 0 Å². The number of carbonyl (C=O) groups is 1. The van der Waals surface area contributed by atoms with Crippen LogP contribution < -0.4 is 10.1 Å². The molecule has 1 aromatic carbocycles. The summed E-state index contributed by atoms with van der Waals surface area (Å²) in [6.07, 6.45) is 1.33. The third kappa shape index (κ3) is 7.00. The first-order chi connectivity index (χ1) is 8.18. The summed E-state index contributed by atoms with van der Waals surface area (Å²) in [6, 6.07) is 9.51. The molecule has 0 bridgehead atoms. The highest BCUT2D eigenvalue weighted by molar-refractivity contribution is 9.09. The maximum atomic E-state index is 11.4. The molecule has 0 aliphatic rings. The van der Waals surface area contributed by atoms with E-state index in [1.165, 1.54) is 0 Å². The average Bonchev–Trinajstić information content (AvgIpc) is 2.30. The van der Waals surface area contributed by atoms with Crippen molar-refractivity contribution in [2.75, 3.05) is 13.2 Å². The van der Waals surface area contributed by atoms with E-state index in [1.54, 1.807) is 0 Å². The Hall–Kier alpha value is -1.03. The summed E-state index contributed by atoms with van der Waals surface area (Å²) in [5.41, 5.74) is 0. The van der Waals surface area contributed by atoms with Gasteiger partial charge in [-0.1, -0.05) is 41.1 Å². The maximum Gasteiger partial charge on any atom is 0.223 e. The van der Waals surface area contributed by atoms with Crippen molar-refractivity contribution in [2.24, 2.45) is 0 Å². The number of halogens is 1. The topological polar surface area (TPSA) is 38.3 Å². The zero-order valence-corrected chi connectivity index (χ0v) is 11.6. The third-order valence-corrected chi connectivity index (χ3v) is 2.66. The van der Waals surface area contributed by atoms with Crippen LogP contribution in [-0.2, 0) is 4.79 Å². The Bertz CT molecular complexity index is 327. The molecule has 0 aromatic heterocycles. The van der Waals surface area contributed by atoms with E-state index in [1.807, 2.05) is 30.3 Å². The molecule has 17 heavy (non-hydrogen) atoms. The van der Waals surface area contributed by atoms with Gasteiger partial charge >= 0.3 is 0 Å². The summed E-state index contributed by atoms with van der Waals surface area (Å²) in [5.74, 6) is 0.837. The van der Waals surface area contributed by atoms with E-state index in [2.05, 4.69) is 28.2 Å². The minimum absolute atomic E-state index is 0.0362. The van der Waals surface area contributed by atoms with Gasteiger partial charge < -0.3 is 10.1 Å². The molecule has 1 unspecified atom stereocenters. The van der Waals surface area contributed by atoms with E-state index in [-0.39, 0.29) is 5.91 Å². The maximum absolute atomic E-state index is 11.4. The van der Waals surface area contributed by atoms with Crippen LogP contribution in [-0.4, -0.2) is 23.9 Å². The summed E-state index contributed by atoms with van der Waals surface area (Å²) < 4.78 is 5.43. The first-order valence-electron chi connectivity index (χ1n) is 5.77. The molecule has 0 saturated carbocycles. The van der Waals surface area contributed by atoms with Crippen molar-refractivity contribution in [3.63, 3.8) is 0 Å². The number of nitrogens with one attached hydrogen (secondary N) is 1. The zero-order valence-electron chi connectivity index (χ0n) is 9.99. The number of rotatable bonds is 7. The second kappa shape index (κ2) is 8.12. The van der Waals surface area contributed by atoms with Crippen molar-refractivity contribution >= 4 is 21.8 Å². The molecule has 0 heterocycles. The van der Waals surface area contributed by atoms with Crippen LogP contribution in [0.15, 0.2) is 30.3 Å². The molecule has 0 radical (unpaired) electrons. The quantitative estimate of drug-likeness (QED) is 0.786. The molecule has 94 valence electrons. The second-order valence-electron chi connectivity index (χ2n) is 3.83. The molecular weight excluding hydrogens is 282 g/mol. The van der Waals surface area contributed by atoms with Crippen LogP contribution in [0.2, 0.25) is 0 Å². The summed E-state index contributed by atoms with van der Waals surface area (Å²) in [4.78, 5) is 11.8. The van der Waals surface area contributed by atoms with E-state index in [0.29, 0.717) is 24.4 Å². The summed E-state index contributed by atoms with van der Waals surface area (Å²) in [5, 5.41) is 2.85. The number of carbonyl (C=O) groups excluding carboxylic acids is 1. The highest BCUT2D eigenvalue weighted by Gasteiger charge is 2.02. The third-order valence-electron chi connectivity index (χ3n) is 2.21. The molecule has 1 rings (SSSR count). The van der Waals surface area contributed by atoms with Gasteiger partial charge in [0.1, 0.15) is 5.75 Å². The van der Waals surface area contributed by atoms with Crippen LogP contribution in [0.5, 0.6) is 5.75 Å². The molecule has 1 amide bonds. The van der Waals surface area contributed by atoms with E-state index in [9.17, 15) is 4.79 Å². The number of ether oxygens (including phenoxy) is 1. The van der Waals surface area contributed by atoms with Crippen LogP contribution in [0, 0.1) is 0 Å².